The molecule has 0 aromatic carbocycles. The predicted molar refractivity (Wildman–Crippen MR) is 67.5 cm³/mol. The molecule has 1 N–H and O–H groups in total. The van der Waals surface area contributed by atoms with Gasteiger partial charge < -0.3 is 9.51 Å². The standard InChI is InChI=1S/C12H14N2O3S/c15-10-1-2-12-13-11(8-14(12)7-10)9-3-5-18(16,17)6-4-9/h1-2,7-9,15H,3-6H2. The minimum absolute atomic E-state index is 0.192. The SMILES string of the molecule is O=S1(=O)CCC(c2cn3cc(O)ccc3n2)CC1. The molecule has 2 aromatic rings. The number of rotatable bonds is 1. The molecule has 0 aliphatic carbocycles. The van der Waals surface area contributed by atoms with E-state index in [1.807, 2.05) is 6.20 Å². The quantitative estimate of drug-likeness (QED) is 0.845. The fourth-order valence-corrected chi connectivity index (χ4v) is 3.87. The van der Waals surface area contributed by atoms with Crippen LogP contribution in [0.25, 0.3) is 5.65 Å². The van der Waals surface area contributed by atoms with Crippen molar-refractivity contribution >= 4 is 15.5 Å². The van der Waals surface area contributed by atoms with E-state index >= 15 is 0 Å². The molecule has 0 bridgehead atoms. The molecule has 0 unspecified atom stereocenters. The van der Waals surface area contributed by atoms with Gasteiger partial charge in [0.25, 0.3) is 0 Å². The Balaban J connectivity index is 1.91. The van der Waals surface area contributed by atoms with Crippen molar-refractivity contribution in [2.24, 2.45) is 0 Å². The van der Waals surface area contributed by atoms with E-state index in [0.29, 0.717) is 12.8 Å². The summed E-state index contributed by atoms with van der Waals surface area (Å²) in [6.07, 6.45) is 4.75. The average Bonchev–Trinajstić information content (AvgIpc) is 2.71. The van der Waals surface area contributed by atoms with E-state index in [1.54, 1.807) is 22.7 Å². The first-order valence-corrected chi connectivity index (χ1v) is 7.74. The van der Waals surface area contributed by atoms with Crippen LogP contribution in [0.1, 0.15) is 24.5 Å². The smallest absolute Gasteiger partial charge is 0.150 e. The highest BCUT2D eigenvalue weighted by Gasteiger charge is 2.26. The predicted octanol–water partition coefficient (Wildman–Crippen LogP) is 1.33. The van der Waals surface area contributed by atoms with Gasteiger partial charge in [-0.15, -0.1) is 0 Å². The van der Waals surface area contributed by atoms with Crippen LogP contribution in [0.4, 0.5) is 0 Å². The maximum atomic E-state index is 11.4. The molecule has 96 valence electrons. The fourth-order valence-electron chi connectivity index (χ4n) is 2.38. The number of aromatic nitrogens is 2. The minimum atomic E-state index is -2.84. The van der Waals surface area contributed by atoms with Crippen molar-refractivity contribution in [1.82, 2.24) is 9.38 Å². The maximum absolute atomic E-state index is 11.4. The molecule has 2 aromatic heterocycles. The Morgan fingerprint density at radius 1 is 1.22 bits per heavy atom. The van der Waals surface area contributed by atoms with Crippen LogP contribution in [0.2, 0.25) is 0 Å². The minimum Gasteiger partial charge on any atom is -0.506 e. The molecular formula is C12H14N2O3S. The molecular weight excluding hydrogens is 252 g/mol. The summed E-state index contributed by atoms with van der Waals surface area (Å²) >= 11 is 0. The summed E-state index contributed by atoms with van der Waals surface area (Å²) in [5.41, 5.74) is 1.69. The molecule has 5 nitrogen and oxygen atoms in total. The molecule has 1 aliphatic rings. The van der Waals surface area contributed by atoms with Crippen LogP contribution in [0.15, 0.2) is 24.5 Å². The molecule has 0 spiro atoms. The van der Waals surface area contributed by atoms with E-state index in [1.165, 1.54) is 0 Å². The van der Waals surface area contributed by atoms with Crippen molar-refractivity contribution in [3.63, 3.8) is 0 Å². The number of pyridine rings is 1. The van der Waals surface area contributed by atoms with E-state index in [4.69, 9.17) is 0 Å². The Morgan fingerprint density at radius 2 is 1.94 bits per heavy atom. The zero-order chi connectivity index (χ0) is 12.8. The van der Waals surface area contributed by atoms with Crippen molar-refractivity contribution in [1.29, 1.82) is 0 Å². The van der Waals surface area contributed by atoms with Crippen LogP contribution >= 0.6 is 0 Å². The highest BCUT2D eigenvalue weighted by Crippen LogP contribution is 2.28. The number of sulfone groups is 1. The molecule has 1 aliphatic heterocycles. The Hall–Kier alpha value is -1.56. The maximum Gasteiger partial charge on any atom is 0.150 e. The van der Waals surface area contributed by atoms with Gasteiger partial charge in [0.15, 0.2) is 0 Å². The lowest BCUT2D eigenvalue weighted by molar-refractivity contribution is 0.472. The highest BCUT2D eigenvalue weighted by molar-refractivity contribution is 7.91. The Kier molecular flexibility index (Phi) is 2.55. The van der Waals surface area contributed by atoms with E-state index in [2.05, 4.69) is 4.98 Å². The summed E-state index contributed by atoms with van der Waals surface area (Å²) in [6, 6.07) is 3.34. The van der Waals surface area contributed by atoms with Gasteiger partial charge in [0.1, 0.15) is 21.2 Å². The third-order valence-electron chi connectivity index (χ3n) is 3.43. The second kappa shape index (κ2) is 3.98. The number of aromatic hydroxyl groups is 1. The van der Waals surface area contributed by atoms with Crippen molar-refractivity contribution in [2.45, 2.75) is 18.8 Å². The molecule has 1 saturated heterocycles. The van der Waals surface area contributed by atoms with E-state index in [9.17, 15) is 13.5 Å². The van der Waals surface area contributed by atoms with Crippen molar-refractivity contribution < 1.29 is 13.5 Å². The van der Waals surface area contributed by atoms with Crippen molar-refractivity contribution in [3.8, 4) is 5.75 Å². The molecule has 3 heterocycles. The summed E-state index contributed by atoms with van der Waals surface area (Å²) in [6.45, 7) is 0. The number of fused-ring (bicyclic) bond motifs is 1. The van der Waals surface area contributed by atoms with Gasteiger partial charge in [0, 0.05) is 12.1 Å². The van der Waals surface area contributed by atoms with Crippen molar-refractivity contribution in [2.75, 3.05) is 11.5 Å². The molecule has 0 saturated carbocycles. The summed E-state index contributed by atoms with van der Waals surface area (Å²) < 4.78 is 24.5. The normalized spacial score (nSPS) is 20.2. The van der Waals surface area contributed by atoms with Crippen LogP contribution in [0, 0.1) is 0 Å². The van der Waals surface area contributed by atoms with Crippen LogP contribution in [-0.4, -0.2) is 34.4 Å². The highest BCUT2D eigenvalue weighted by atomic mass is 32.2. The van der Waals surface area contributed by atoms with Crippen LogP contribution in [0.5, 0.6) is 5.75 Å². The summed E-state index contributed by atoms with van der Waals surface area (Å²) in [7, 11) is -2.84. The van der Waals surface area contributed by atoms with Gasteiger partial charge in [-0.3, -0.25) is 0 Å². The molecule has 3 rings (SSSR count). The summed E-state index contributed by atoms with van der Waals surface area (Å²) in [5.74, 6) is 0.890. The van der Waals surface area contributed by atoms with Gasteiger partial charge in [0.2, 0.25) is 0 Å². The lowest BCUT2D eigenvalue weighted by atomic mass is 10.00. The lowest BCUT2D eigenvalue weighted by Gasteiger charge is -2.19. The summed E-state index contributed by atoms with van der Waals surface area (Å²) in [4.78, 5) is 4.48. The first-order chi connectivity index (χ1) is 8.53. The van der Waals surface area contributed by atoms with Gasteiger partial charge >= 0.3 is 0 Å². The molecule has 18 heavy (non-hydrogen) atoms. The van der Waals surface area contributed by atoms with Crippen molar-refractivity contribution in [3.05, 3.63) is 30.2 Å². The lowest BCUT2D eigenvalue weighted by Crippen LogP contribution is -2.22. The molecule has 0 amide bonds. The molecule has 6 heteroatoms. The first-order valence-electron chi connectivity index (χ1n) is 5.91. The van der Waals surface area contributed by atoms with E-state index in [0.717, 1.165) is 11.3 Å². The third-order valence-corrected chi connectivity index (χ3v) is 5.14. The number of imidazole rings is 1. The zero-order valence-electron chi connectivity index (χ0n) is 9.78. The van der Waals surface area contributed by atoms with Gasteiger partial charge in [-0.2, -0.15) is 0 Å². The van der Waals surface area contributed by atoms with Crippen LogP contribution < -0.4 is 0 Å². The molecule has 1 fully saturated rings. The number of hydrogen-bond donors (Lipinski definition) is 1. The Bertz CT molecular complexity index is 676. The second-order valence-electron chi connectivity index (χ2n) is 4.74. The van der Waals surface area contributed by atoms with Gasteiger partial charge in [-0.1, -0.05) is 0 Å². The number of hydrogen-bond acceptors (Lipinski definition) is 4. The number of nitrogens with zero attached hydrogens (tertiary/aromatic N) is 2. The molecule has 0 atom stereocenters. The molecule has 0 radical (unpaired) electrons. The Morgan fingerprint density at radius 3 is 2.67 bits per heavy atom. The second-order valence-corrected chi connectivity index (χ2v) is 7.05. The van der Waals surface area contributed by atoms with E-state index < -0.39 is 9.84 Å². The zero-order valence-corrected chi connectivity index (χ0v) is 10.6. The third kappa shape index (κ3) is 2.08. The fraction of sp³-hybridized carbons (Fsp3) is 0.417. The summed E-state index contributed by atoms with van der Waals surface area (Å²) in [5, 5.41) is 9.39. The van der Waals surface area contributed by atoms with Gasteiger partial charge in [0.05, 0.1) is 23.4 Å². The largest absolute Gasteiger partial charge is 0.506 e. The van der Waals surface area contributed by atoms with Crippen LogP contribution in [0.3, 0.4) is 0 Å². The first kappa shape index (κ1) is 11.5. The van der Waals surface area contributed by atoms with Gasteiger partial charge in [-0.05, 0) is 25.0 Å². The van der Waals surface area contributed by atoms with Crippen LogP contribution in [-0.2, 0) is 9.84 Å². The monoisotopic (exact) mass is 266 g/mol. The Labute approximate surface area is 105 Å². The topological polar surface area (TPSA) is 71.7 Å². The van der Waals surface area contributed by atoms with E-state index in [-0.39, 0.29) is 23.2 Å². The average molecular weight is 266 g/mol. The van der Waals surface area contributed by atoms with Gasteiger partial charge in [-0.25, -0.2) is 13.4 Å².